The fourth-order valence-corrected chi connectivity index (χ4v) is 12.1. The van der Waals surface area contributed by atoms with Crippen LogP contribution in [0.3, 0.4) is 0 Å². The maximum atomic E-state index is 13.3. The zero-order valence-electron chi connectivity index (χ0n) is 56.2. The molecule has 12 atom stereocenters. The third kappa shape index (κ3) is 42.2. The number of amides is 1. The van der Waals surface area contributed by atoms with Crippen LogP contribution in [0.15, 0.2) is 48.6 Å². The van der Waals surface area contributed by atoms with Crippen molar-refractivity contribution in [2.75, 3.05) is 19.8 Å². The Morgan fingerprint density at radius 2 is 0.750 bits per heavy atom. The van der Waals surface area contributed by atoms with E-state index in [4.69, 9.17) is 18.9 Å². The largest absolute Gasteiger partial charge is 0.394 e. The van der Waals surface area contributed by atoms with Crippen LogP contribution in [0.5, 0.6) is 0 Å². The van der Waals surface area contributed by atoms with Crippen molar-refractivity contribution in [2.24, 2.45) is 0 Å². The van der Waals surface area contributed by atoms with Crippen molar-refractivity contribution in [1.82, 2.24) is 5.32 Å². The van der Waals surface area contributed by atoms with Crippen molar-refractivity contribution in [2.45, 2.75) is 396 Å². The molecule has 1 amide bonds. The lowest BCUT2D eigenvalue weighted by Gasteiger charge is -2.46. The van der Waals surface area contributed by atoms with Crippen molar-refractivity contribution in [3.05, 3.63) is 48.6 Å². The molecule has 0 bridgehead atoms. The molecule has 0 aromatic carbocycles. The maximum Gasteiger partial charge on any atom is 0.220 e. The van der Waals surface area contributed by atoms with Crippen molar-refractivity contribution in [3.63, 3.8) is 0 Å². The van der Waals surface area contributed by atoms with Crippen LogP contribution in [0, 0.1) is 0 Å². The maximum absolute atomic E-state index is 13.3. The van der Waals surface area contributed by atoms with Crippen LogP contribution in [0.4, 0.5) is 0 Å². The van der Waals surface area contributed by atoms with Gasteiger partial charge in [-0.05, 0) is 57.8 Å². The highest BCUT2D eigenvalue weighted by atomic mass is 16.7. The summed E-state index contributed by atoms with van der Waals surface area (Å²) in [6, 6.07) is -0.914. The number of aliphatic hydroxyl groups excluding tert-OH is 8. The van der Waals surface area contributed by atoms with Gasteiger partial charge < -0.3 is 65.1 Å². The minimum Gasteiger partial charge on any atom is -0.394 e. The van der Waals surface area contributed by atoms with Gasteiger partial charge >= 0.3 is 0 Å². The van der Waals surface area contributed by atoms with Gasteiger partial charge in [0.2, 0.25) is 5.91 Å². The first kappa shape index (κ1) is 82.0. The second kappa shape index (κ2) is 58.7. The standard InChI is InChI=1S/C74H137NO13/c1-3-5-7-9-11-13-15-17-19-21-22-23-24-25-26-27-28-29-30-31-32-33-34-35-36-37-38-39-40-42-44-46-48-50-52-54-56-58-66(79)75-62(63(78)57-55-53-51-49-47-45-43-41-20-18-16-14-12-10-8-6-4-2)61-85-73-71(84)69(82)72(65(60-77)87-73)88-74-70(83)68(81)67(80)64(59-76)86-74/h15,17,21-22,24-25,55,57,62-65,67-74,76-78,80-84H,3-14,16,18-20,23,26-54,56,58-61H2,1-2H3,(H,75,79)/b17-15-,22-21-,25-24-,57-55+. The Morgan fingerprint density at radius 1 is 0.409 bits per heavy atom. The minimum absolute atomic E-state index is 0.234. The van der Waals surface area contributed by atoms with Crippen molar-refractivity contribution < 1.29 is 64.6 Å². The second-order valence-electron chi connectivity index (χ2n) is 26.1. The van der Waals surface area contributed by atoms with Crippen LogP contribution in [0.1, 0.15) is 322 Å². The van der Waals surface area contributed by atoms with Gasteiger partial charge in [0, 0.05) is 6.42 Å². The van der Waals surface area contributed by atoms with E-state index in [-0.39, 0.29) is 18.9 Å². The summed E-state index contributed by atoms with van der Waals surface area (Å²) in [5.74, 6) is -0.234. The summed E-state index contributed by atoms with van der Waals surface area (Å²) in [6.07, 6.45) is 60.4. The van der Waals surface area contributed by atoms with Gasteiger partial charge in [0.25, 0.3) is 0 Å². The molecule has 0 radical (unpaired) electrons. The molecule has 0 saturated carbocycles. The molecule has 14 heteroatoms. The van der Waals surface area contributed by atoms with E-state index in [9.17, 15) is 45.6 Å². The Bertz CT molecular complexity index is 1660. The number of carbonyl (C=O) groups is 1. The summed E-state index contributed by atoms with van der Waals surface area (Å²) in [7, 11) is 0. The highest BCUT2D eigenvalue weighted by molar-refractivity contribution is 5.76. The Morgan fingerprint density at radius 3 is 1.15 bits per heavy atom. The summed E-state index contributed by atoms with van der Waals surface area (Å²) >= 11 is 0. The third-order valence-corrected chi connectivity index (χ3v) is 18.0. The summed E-state index contributed by atoms with van der Waals surface area (Å²) in [6.45, 7) is 2.82. The van der Waals surface area contributed by atoms with Gasteiger partial charge in [0.1, 0.15) is 48.8 Å². The lowest BCUT2D eigenvalue weighted by molar-refractivity contribution is -0.359. The molecular weight excluding hydrogens is 1110 g/mol. The number of ether oxygens (including phenoxy) is 4. The zero-order valence-corrected chi connectivity index (χ0v) is 56.2. The van der Waals surface area contributed by atoms with E-state index in [0.717, 1.165) is 51.4 Å². The molecule has 0 spiro atoms. The second-order valence-corrected chi connectivity index (χ2v) is 26.1. The van der Waals surface area contributed by atoms with E-state index in [1.54, 1.807) is 6.08 Å². The Kier molecular flexibility index (Phi) is 54.8. The summed E-state index contributed by atoms with van der Waals surface area (Å²) in [4.78, 5) is 13.3. The molecule has 9 N–H and O–H groups in total. The molecule has 2 fully saturated rings. The summed E-state index contributed by atoms with van der Waals surface area (Å²) < 4.78 is 22.9. The molecule has 2 saturated heterocycles. The topological polar surface area (TPSA) is 228 Å². The third-order valence-electron chi connectivity index (χ3n) is 18.0. The number of aliphatic hydroxyl groups is 8. The van der Waals surface area contributed by atoms with E-state index >= 15 is 0 Å². The number of nitrogens with one attached hydrogen (secondary N) is 1. The Balaban J connectivity index is 1.59. The average molecular weight is 1250 g/mol. The average Bonchev–Trinajstić information content (AvgIpc) is 2.07. The van der Waals surface area contributed by atoms with Crippen LogP contribution in [0.25, 0.3) is 0 Å². The molecule has 0 aromatic rings. The minimum atomic E-state index is -1.79. The van der Waals surface area contributed by atoms with Crippen LogP contribution in [-0.2, 0) is 23.7 Å². The van der Waals surface area contributed by atoms with Crippen molar-refractivity contribution in [3.8, 4) is 0 Å². The Labute approximate surface area is 537 Å². The Hall–Kier alpha value is -2.05. The molecule has 2 heterocycles. The van der Waals surface area contributed by atoms with Crippen LogP contribution in [0.2, 0.25) is 0 Å². The monoisotopic (exact) mass is 1250 g/mol. The molecule has 88 heavy (non-hydrogen) atoms. The van der Waals surface area contributed by atoms with E-state index in [0.29, 0.717) is 6.42 Å². The van der Waals surface area contributed by atoms with Gasteiger partial charge in [0.05, 0.1) is 32.0 Å². The molecule has 516 valence electrons. The number of carbonyl (C=O) groups excluding carboxylic acids is 1. The fraction of sp³-hybridized carbons (Fsp3) is 0.878. The van der Waals surface area contributed by atoms with E-state index in [1.165, 1.54) is 244 Å². The van der Waals surface area contributed by atoms with E-state index in [1.807, 2.05) is 6.08 Å². The quantitative estimate of drug-likeness (QED) is 0.0204. The lowest BCUT2D eigenvalue weighted by atomic mass is 9.97. The van der Waals surface area contributed by atoms with E-state index < -0.39 is 86.8 Å². The number of allylic oxidation sites excluding steroid dienone is 7. The predicted octanol–water partition coefficient (Wildman–Crippen LogP) is 15.5. The molecule has 2 aliphatic heterocycles. The van der Waals surface area contributed by atoms with E-state index in [2.05, 4.69) is 55.6 Å². The fourth-order valence-electron chi connectivity index (χ4n) is 12.1. The predicted molar refractivity (Wildman–Crippen MR) is 360 cm³/mol. The number of rotatable bonds is 61. The SMILES string of the molecule is CCCCCCC/C=C\C/C=C\C/C=C\CCCCCCCCCCCCCCCCCCCCCCCCC(=O)NC(COC1OC(CO)C(OC2OC(CO)C(O)C(O)C2O)C(O)C1O)C(O)/C=C/CCCCCCCCCCCCCCCCC. The van der Waals surface area contributed by atoms with Gasteiger partial charge in [-0.3, -0.25) is 4.79 Å². The molecule has 14 nitrogen and oxygen atoms in total. The molecule has 2 aliphatic rings. The molecule has 0 aliphatic carbocycles. The highest BCUT2D eigenvalue weighted by Gasteiger charge is 2.51. The van der Waals surface area contributed by atoms with Gasteiger partial charge in [-0.25, -0.2) is 0 Å². The zero-order chi connectivity index (χ0) is 63.8. The molecule has 0 aromatic heterocycles. The normalized spacial score (nSPS) is 23.4. The van der Waals surface area contributed by atoms with Crippen molar-refractivity contribution in [1.29, 1.82) is 0 Å². The molecule has 2 rings (SSSR count). The first-order valence-corrected chi connectivity index (χ1v) is 36.9. The summed E-state index contributed by atoms with van der Waals surface area (Å²) in [5, 5.41) is 87.4. The van der Waals surface area contributed by atoms with Crippen LogP contribution >= 0.6 is 0 Å². The highest BCUT2D eigenvalue weighted by Crippen LogP contribution is 2.30. The smallest absolute Gasteiger partial charge is 0.220 e. The first-order valence-electron chi connectivity index (χ1n) is 36.9. The number of hydrogen-bond donors (Lipinski definition) is 9. The van der Waals surface area contributed by atoms with Gasteiger partial charge in [-0.1, -0.05) is 306 Å². The van der Waals surface area contributed by atoms with Gasteiger partial charge in [0.15, 0.2) is 12.6 Å². The summed E-state index contributed by atoms with van der Waals surface area (Å²) in [5.41, 5.74) is 0. The lowest BCUT2D eigenvalue weighted by Crippen LogP contribution is -2.65. The molecular formula is C74H137NO13. The van der Waals surface area contributed by atoms with Gasteiger partial charge in [-0.2, -0.15) is 0 Å². The van der Waals surface area contributed by atoms with Crippen LogP contribution < -0.4 is 5.32 Å². The van der Waals surface area contributed by atoms with Crippen LogP contribution in [-0.4, -0.2) is 140 Å². The first-order chi connectivity index (χ1) is 43.1. The molecule has 12 unspecified atom stereocenters. The van der Waals surface area contributed by atoms with Gasteiger partial charge in [-0.15, -0.1) is 0 Å². The van der Waals surface area contributed by atoms with Crippen molar-refractivity contribution >= 4 is 5.91 Å². The number of hydrogen-bond acceptors (Lipinski definition) is 13. The number of unbranched alkanes of at least 4 members (excludes halogenated alkanes) is 42.